The molecule has 4 heteroatoms. The summed E-state index contributed by atoms with van der Waals surface area (Å²) in [4.78, 5) is -0.500. The molecule has 0 amide bonds. The minimum Gasteiger partial charge on any atom is -0.120 e. The van der Waals surface area contributed by atoms with Gasteiger partial charge in [-0.15, -0.1) is 11.7 Å². The van der Waals surface area contributed by atoms with Crippen molar-refractivity contribution in [3.05, 3.63) is 29.8 Å². The van der Waals surface area contributed by atoms with Crippen LogP contribution in [0.2, 0.25) is 0 Å². The van der Waals surface area contributed by atoms with Gasteiger partial charge < -0.3 is 0 Å². The van der Waals surface area contributed by atoms with Gasteiger partial charge in [-0.05, 0) is 24.1 Å². The first-order chi connectivity index (χ1) is 11.4. The number of benzene rings is 1. The predicted octanol–water partition coefficient (Wildman–Crippen LogP) is 9.24. The van der Waals surface area contributed by atoms with Crippen molar-refractivity contribution in [2.24, 2.45) is 0 Å². The van der Waals surface area contributed by atoms with Gasteiger partial charge in [0.2, 0.25) is 11.2 Å². The van der Waals surface area contributed by atoms with Crippen LogP contribution in [0.25, 0.3) is 0 Å². The third kappa shape index (κ3) is 16.2. The highest BCUT2D eigenvalue weighted by Gasteiger charge is 2.23. The van der Waals surface area contributed by atoms with Gasteiger partial charge in [-0.25, -0.2) is 0 Å². The molecular formula is C20H37F3S. The first-order valence-corrected chi connectivity index (χ1v) is 10.7. The van der Waals surface area contributed by atoms with Gasteiger partial charge in [-0.3, -0.25) is 0 Å². The molecule has 0 aliphatic rings. The molecule has 0 bridgehead atoms. The van der Waals surface area contributed by atoms with Crippen LogP contribution in [0.3, 0.4) is 0 Å². The lowest BCUT2D eigenvalue weighted by Crippen LogP contribution is -1.82. The number of rotatable bonds is 8. The van der Waals surface area contributed by atoms with Crippen molar-refractivity contribution in [2.45, 2.75) is 97.3 Å². The number of hydrogen-bond acceptors (Lipinski definition) is 0. The predicted molar refractivity (Wildman–Crippen MR) is 105 cm³/mol. The Morgan fingerprint density at radius 3 is 1.29 bits per heavy atom. The molecule has 1 aromatic carbocycles. The number of halogens is 3. The maximum atomic E-state index is 12.1. The highest BCUT2D eigenvalue weighted by Crippen LogP contribution is 2.60. The standard InChI is InChI=1S/C8H9F3S.C7H16.C5H12/c1-2-7-3-5-8(6-4-7)12(9,10)11;1-3-5-7-6-4-2;1-3-5-4-2/h3-6H,2H2,1H3;3-7H2,1-2H3;3-5H2,1-2H3. The summed E-state index contributed by atoms with van der Waals surface area (Å²) < 4.78 is 36.3. The third-order valence-electron chi connectivity index (χ3n) is 3.51. The highest BCUT2D eigenvalue weighted by atomic mass is 32.3. The van der Waals surface area contributed by atoms with E-state index in [1.54, 1.807) is 0 Å². The SMILES string of the molecule is CCCCC.CCCCCCC.CCc1ccc(S(F)(F)F)cc1. The molecule has 0 saturated carbocycles. The van der Waals surface area contributed by atoms with Gasteiger partial charge in [-0.1, -0.05) is 98.1 Å². The Labute approximate surface area is 150 Å². The average molecular weight is 367 g/mol. The molecule has 24 heavy (non-hydrogen) atoms. The Bertz CT molecular complexity index is 352. The van der Waals surface area contributed by atoms with E-state index >= 15 is 0 Å². The second-order valence-corrected chi connectivity index (χ2v) is 7.10. The van der Waals surface area contributed by atoms with Gasteiger partial charge in [0.25, 0.3) is 0 Å². The second-order valence-electron chi connectivity index (χ2n) is 5.82. The second kappa shape index (κ2) is 17.2. The van der Waals surface area contributed by atoms with Crippen LogP contribution >= 0.6 is 11.2 Å². The van der Waals surface area contributed by atoms with Crippen molar-refractivity contribution < 1.29 is 11.7 Å². The molecule has 0 N–H and O–H groups in total. The van der Waals surface area contributed by atoms with Crippen LogP contribution in [0.5, 0.6) is 0 Å². The van der Waals surface area contributed by atoms with E-state index in [2.05, 4.69) is 27.7 Å². The van der Waals surface area contributed by atoms with Crippen LogP contribution in [0.1, 0.15) is 91.5 Å². The molecule has 0 aromatic heterocycles. The summed E-state index contributed by atoms with van der Waals surface area (Å²) in [7, 11) is 0. The minimum atomic E-state index is -5.03. The Morgan fingerprint density at radius 2 is 1.04 bits per heavy atom. The van der Waals surface area contributed by atoms with Crippen molar-refractivity contribution in [1.82, 2.24) is 0 Å². The van der Waals surface area contributed by atoms with Crippen LogP contribution in [-0.4, -0.2) is 0 Å². The van der Waals surface area contributed by atoms with E-state index in [0.29, 0.717) is 0 Å². The molecule has 0 saturated heterocycles. The Balaban J connectivity index is 0. The molecule has 0 radical (unpaired) electrons. The Hall–Kier alpha value is -0.640. The van der Waals surface area contributed by atoms with Crippen LogP contribution in [0.4, 0.5) is 11.7 Å². The first kappa shape index (κ1) is 25.6. The van der Waals surface area contributed by atoms with Gasteiger partial charge in [0.05, 0.1) is 4.90 Å². The Morgan fingerprint density at radius 1 is 0.625 bits per heavy atom. The maximum Gasteiger partial charge on any atom is 0.237 e. The maximum absolute atomic E-state index is 12.1. The lowest BCUT2D eigenvalue weighted by Gasteiger charge is -2.09. The molecule has 1 rings (SSSR count). The lowest BCUT2D eigenvalue weighted by atomic mass is 10.2. The van der Waals surface area contributed by atoms with Gasteiger partial charge in [0, 0.05) is 0 Å². The van der Waals surface area contributed by atoms with E-state index < -0.39 is 16.1 Å². The summed E-state index contributed by atoms with van der Waals surface area (Å²) in [6, 6.07) is 5.34. The van der Waals surface area contributed by atoms with Crippen molar-refractivity contribution in [1.29, 1.82) is 0 Å². The Kier molecular flexibility index (Phi) is 18.3. The molecule has 0 fully saturated rings. The summed E-state index contributed by atoms with van der Waals surface area (Å²) in [6.45, 7) is 10.8. The van der Waals surface area contributed by atoms with Crippen molar-refractivity contribution in [2.75, 3.05) is 0 Å². The van der Waals surface area contributed by atoms with Gasteiger partial charge in [0.1, 0.15) is 0 Å². The van der Waals surface area contributed by atoms with Gasteiger partial charge in [-0.2, -0.15) is 0 Å². The third-order valence-corrected chi connectivity index (χ3v) is 4.32. The quantitative estimate of drug-likeness (QED) is 0.402. The van der Waals surface area contributed by atoms with Crippen LogP contribution < -0.4 is 0 Å². The fourth-order valence-corrected chi connectivity index (χ4v) is 2.35. The van der Waals surface area contributed by atoms with E-state index in [1.165, 1.54) is 63.5 Å². The van der Waals surface area contributed by atoms with E-state index in [0.717, 1.165) is 24.1 Å². The largest absolute Gasteiger partial charge is 0.237 e. The van der Waals surface area contributed by atoms with E-state index in [4.69, 9.17) is 0 Å². The smallest absolute Gasteiger partial charge is 0.120 e. The van der Waals surface area contributed by atoms with Gasteiger partial charge >= 0.3 is 0 Å². The van der Waals surface area contributed by atoms with Crippen molar-refractivity contribution in [3.8, 4) is 0 Å². The normalized spacial score (nSPS) is 11.0. The summed E-state index contributed by atoms with van der Waals surface area (Å²) >= 11 is -5.03. The molecule has 0 aliphatic carbocycles. The van der Waals surface area contributed by atoms with Crippen LogP contribution in [-0.2, 0) is 6.42 Å². The molecule has 0 aliphatic heterocycles. The number of aryl methyl sites for hydroxylation is 1. The fraction of sp³-hybridized carbons (Fsp3) is 0.700. The van der Waals surface area contributed by atoms with Crippen LogP contribution in [0, 0.1) is 0 Å². The summed E-state index contributed by atoms with van der Waals surface area (Å²) in [5.74, 6) is 0. The zero-order chi connectivity index (χ0) is 18.8. The summed E-state index contributed by atoms with van der Waals surface area (Å²) in [6.07, 6.45) is 11.9. The molecule has 1 aromatic rings. The molecule has 0 heterocycles. The highest BCUT2D eigenvalue weighted by molar-refractivity contribution is 8.20. The van der Waals surface area contributed by atoms with E-state index in [9.17, 15) is 11.7 Å². The van der Waals surface area contributed by atoms with Crippen molar-refractivity contribution >= 4 is 11.2 Å². The first-order valence-electron chi connectivity index (χ1n) is 9.38. The zero-order valence-electron chi connectivity index (χ0n) is 16.2. The molecular weight excluding hydrogens is 329 g/mol. The summed E-state index contributed by atoms with van der Waals surface area (Å²) in [5.41, 5.74) is 0.933. The average Bonchev–Trinajstić information content (AvgIpc) is 2.56. The number of unbranched alkanes of at least 4 members (excludes halogenated alkanes) is 6. The van der Waals surface area contributed by atoms with E-state index in [-0.39, 0.29) is 0 Å². The summed E-state index contributed by atoms with van der Waals surface area (Å²) in [5, 5.41) is 0. The monoisotopic (exact) mass is 366 g/mol. The molecule has 0 unspecified atom stereocenters. The van der Waals surface area contributed by atoms with Gasteiger partial charge in [0.15, 0.2) is 0 Å². The minimum absolute atomic E-state index is 0.500. The number of hydrogen-bond donors (Lipinski definition) is 0. The molecule has 0 spiro atoms. The van der Waals surface area contributed by atoms with Crippen LogP contribution in [0.15, 0.2) is 29.2 Å². The zero-order valence-corrected chi connectivity index (χ0v) is 17.0. The molecule has 0 nitrogen and oxygen atoms in total. The topological polar surface area (TPSA) is 0 Å². The molecule has 0 atom stereocenters. The van der Waals surface area contributed by atoms with E-state index in [1.807, 2.05) is 6.92 Å². The molecule has 144 valence electrons. The van der Waals surface area contributed by atoms with Crippen molar-refractivity contribution in [3.63, 3.8) is 0 Å². The fourth-order valence-electron chi connectivity index (χ4n) is 1.91. The lowest BCUT2D eigenvalue weighted by molar-refractivity contribution is 0.633.